The van der Waals surface area contributed by atoms with E-state index in [2.05, 4.69) is 26.1 Å². The van der Waals surface area contributed by atoms with E-state index < -0.39 is 0 Å². The van der Waals surface area contributed by atoms with Crippen LogP contribution in [0.15, 0.2) is 30.3 Å². The van der Waals surface area contributed by atoms with Crippen molar-refractivity contribution in [3.8, 4) is 0 Å². The average molecular weight is 246 g/mol. The summed E-state index contributed by atoms with van der Waals surface area (Å²) in [5.74, 6) is 0.706. The van der Waals surface area contributed by atoms with E-state index in [0.29, 0.717) is 18.6 Å². The molecule has 0 spiro atoms. The zero-order chi connectivity index (χ0) is 13.1. The van der Waals surface area contributed by atoms with Crippen molar-refractivity contribution in [3.05, 3.63) is 35.9 Å². The first-order valence-electron chi connectivity index (χ1n) is 6.74. The molecule has 1 saturated heterocycles. The zero-order valence-corrected chi connectivity index (χ0v) is 11.4. The first-order chi connectivity index (χ1) is 8.65. The van der Waals surface area contributed by atoms with Crippen LogP contribution in [0.3, 0.4) is 0 Å². The number of hydrogen-bond acceptors (Lipinski definition) is 2. The molecule has 2 unspecified atom stereocenters. The maximum Gasteiger partial charge on any atom is 0.245 e. The van der Waals surface area contributed by atoms with Gasteiger partial charge in [-0.15, -0.1) is 0 Å². The molecule has 18 heavy (non-hydrogen) atoms. The Morgan fingerprint density at radius 2 is 2.00 bits per heavy atom. The van der Waals surface area contributed by atoms with Crippen LogP contribution in [0, 0.1) is 5.92 Å². The molecular weight excluding hydrogens is 224 g/mol. The van der Waals surface area contributed by atoms with Crippen LogP contribution in [0.2, 0.25) is 0 Å². The normalized spacial score (nSPS) is 21.7. The van der Waals surface area contributed by atoms with Crippen molar-refractivity contribution < 1.29 is 4.79 Å². The molecule has 3 nitrogen and oxygen atoms in total. The highest BCUT2D eigenvalue weighted by Gasteiger charge is 2.36. The molecule has 0 aliphatic carbocycles. The molecule has 2 rings (SSSR count). The third-order valence-corrected chi connectivity index (χ3v) is 3.72. The van der Waals surface area contributed by atoms with Gasteiger partial charge in [-0.2, -0.15) is 0 Å². The number of hydrogen-bond donors (Lipinski definition) is 1. The number of carbonyl (C=O) groups is 1. The molecule has 1 aliphatic heterocycles. The zero-order valence-electron chi connectivity index (χ0n) is 11.4. The second-order valence-electron chi connectivity index (χ2n) is 5.23. The van der Waals surface area contributed by atoms with Crippen LogP contribution in [0.5, 0.6) is 0 Å². The van der Waals surface area contributed by atoms with Gasteiger partial charge in [-0.3, -0.25) is 10.1 Å². The molecule has 3 heteroatoms. The highest BCUT2D eigenvalue weighted by atomic mass is 16.2. The fourth-order valence-corrected chi connectivity index (χ4v) is 2.76. The Labute approximate surface area is 109 Å². The molecule has 0 saturated carbocycles. The van der Waals surface area contributed by atoms with Gasteiger partial charge in [-0.1, -0.05) is 51.1 Å². The number of rotatable bonds is 4. The summed E-state index contributed by atoms with van der Waals surface area (Å²) >= 11 is 0. The summed E-state index contributed by atoms with van der Waals surface area (Å²) in [6.45, 7) is 7.16. The van der Waals surface area contributed by atoms with E-state index in [1.807, 2.05) is 35.2 Å². The molecule has 1 heterocycles. The van der Waals surface area contributed by atoms with Gasteiger partial charge in [-0.05, 0) is 17.9 Å². The molecule has 0 bridgehead atoms. The summed E-state index contributed by atoms with van der Waals surface area (Å²) < 4.78 is 0. The molecule has 1 N–H and O–H groups in total. The van der Waals surface area contributed by atoms with Gasteiger partial charge in [0.2, 0.25) is 5.91 Å². The Balaban J connectivity index is 2.14. The SMILES string of the molecule is CCC(C(C)C)N1CNC(c2ccccc2)C1=O. The van der Waals surface area contributed by atoms with Crippen molar-refractivity contribution in [1.29, 1.82) is 0 Å². The third-order valence-electron chi connectivity index (χ3n) is 3.72. The lowest BCUT2D eigenvalue weighted by Gasteiger charge is -2.29. The highest BCUT2D eigenvalue weighted by Crippen LogP contribution is 2.25. The van der Waals surface area contributed by atoms with Crippen molar-refractivity contribution >= 4 is 5.91 Å². The molecule has 98 valence electrons. The van der Waals surface area contributed by atoms with Crippen molar-refractivity contribution in [3.63, 3.8) is 0 Å². The molecule has 1 amide bonds. The summed E-state index contributed by atoms with van der Waals surface area (Å²) in [4.78, 5) is 14.5. The van der Waals surface area contributed by atoms with Crippen molar-refractivity contribution in [2.45, 2.75) is 39.3 Å². The topological polar surface area (TPSA) is 32.3 Å². The number of nitrogens with zero attached hydrogens (tertiary/aromatic N) is 1. The van der Waals surface area contributed by atoms with Crippen molar-refractivity contribution in [1.82, 2.24) is 10.2 Å². The van der Waals surface area contributed by atoms with Crippen LogP contribution in [-0.2, 0) is 4.79 Å². The molecular formula is C15H22N2O. The smallest absolute Gasteiger partial charge is 0.245 e. The van der Waals surface area contributed by atoms with E-state index in [4.69, 9.17) is 0 Å². The molecule has 2 atom stereocenters. The van der Waals surface area contributed by atoms with E-state index in [-0.39, 0.29) is 11.9 Å². The molecule has 1 fully saturated rings. The second kappa shape index (κ2) is 5.53. The lowest BCUT2D eigenvalue weighted by molar-refractivity contribution is -0.131. The summed E-state index contributed by atoms with van der Waals surface area (Å²) in [5.41, 5.74) is 1.06. The van der Waals surface area contributed by atoms with Gasteiger partial charge in [0.25, 0.3) is 0 Å². The van der Waals surface area contributed by atoms with Crippen molar-refractivity contribution in [2.24, 2.45) is 5.92 Å². The number of amides is 1. The predicted molar refractivity (Wildman–Crippen MR) is 72.9 cm³/mol. The van der Waals surface area contributed by atoms with E-state index in [9.17, 15) is 4.79 Å². The Bertz CT molecular complexity index is 402. The minimum Gasteiger partial charge on any atom is -0.325 e. The van der Waals surface area contributed by atoms with Gasteiger partial charge in [-0.25, -0.2) is 0 Å². The Morgan fingerprint density at radius 1 is 1.33 bits per heavy atom. The molecule has 1 aromatic rings. The van der Waals surface area contributed by atoms with E-state index >= 15 is 0 Å². The minimum absolute atomic E-state index is 0.168. The van der Waals surface area contributed by atoms with Gasteiger partial charge in [0.1, 0.15) is 6.04 Å². The van der Waals surface area contributed by atoms with Crippen LogP contribution in [0.25, 0.3) is 0 Å². The van der Waals surface area contributed by atoms with Crippen LogP contribution < -0.4 is 5.32 Å². The number of carbonyl (C=O) groups excluding carboxylic acids is 1. The maximum atomic E-state index is 12.5. The number of benzene rings is 1. The first-order valence-corrected chi connectivity index (χ1v) is 6.74. The van der Waals surface area contributed by atoms with E-state index in [1.165, 1.54) is 0 Å². The second-order valence-corrected chi connectivity index (χ2v) is 5.23. The summed E-state index contributed by atoms with van der Waals surface area (Å²) in [6, 6.07) is 10.1. The van der Waals surface area contributed by atoms with Crippen LogP contribution in [0.4, 0.5) is 0 Å². The fourth-order valence-electron chi connectivity index (χ4n) is 2.76. The van der Waals surface area contributed by atoms with Crippen molar-refractivity contribution in [2.75, 3.05) is 6.67 Å². The molecule has 0 radical (unpaired) electrons. The summed E-state index contributed by atoms with van der Waals surface area (Å²) in [7, 11) is 0. The Hall–Kier alpha value is -1.35. The molecule has 1 aromatic carbocycles. The largest absolute Gasteiger partial charge is 0.325 e. The van der Waals surface area contributed by atoms with Gasteiger partial charge in [0.05, 0.1) is 6.67 Å². The standard InChI is InChI=1S/C15H22N2O/c1-4-13(11(2)3)17-10-16-14(15(17)18)12-8-6-5-7-9-12/h5-9,11,13-14,16H,4,10H2,1-3H3. The Morgan fingerprint density at radius 3 is 2.56 bits per heavy atom. The fraction of sp³-hybridized carbons (Fsp3) is 0.533. The third kappa shape index (κ3) is 2.41. The minimum atomic E-state index is -0.168. The quantitative estimate of drug-likeness (QED) is 0.885. The number of nitrogens with one attached hydrogen (secondary N) is 1. The Kier molecular flexibility index (Phi) is 4.02. The summed E-state index contributed by atoms with van der Waals surface area (Å²) in [6.07, 6.45) is 1.01. The van der Waals surface area contributed by atoms with Gasteiger partial charge < -0.3 is 4.90 Å². The van der Waals surface area contributed by atoms with Crippen LogP contribution in [0.1, 0.15) is 38.8 Å². The highest BCUT2D eigenvalue weighted by molar-refractivity contribution is 5.85. The maximum absolute atomic E-state index is 12.5. The van der Waals surface area contributed by atoms with Gasteiger partial charge in [0, 0.05) is 6.04 Å². The van der Waals surface area contributed by atoms with E-state index in [1.54, 1.807) is 0 Å². The van der Waals surface area contributed by atoms with Gasteiger partial charge in [0.15, 0.2) is 0 Å². The van der Waals surface area contributed by atoms with Crippen LogP contribution >= 0.6 is 0 Å². The van der Waals surface area contributed by atoms with Gasteiger partial charge >= 0.3 is 0 Å². The predicted octanol–water partition coefficient (Wildman–Crippen LogP) is 2.55. The lowest BCUT2D eigenvalue weighted by Crippen LogP contribution is -2.40. The lowest BCUT2D eigenvalue weighted by atomic mass is 9.99. The monoisotopic (exact) mass is 246 g/mol. The van der Waals surface area contributed by atoms with E-state index in [0.717, 1.165) is 12.0 Å². The first kappa shape index (κ1) is 13.1. The molecule has 0 aromatic heterocycles. The summed E-state index contributed by atoms with van der Waals surface area (Å²) in [5, 5.41) is 3.32. The molecule has 1 aliphatic rings. The van der Waals surface area contributed by atoms with Crippen LogP contribution in [-0.4, -0.2) is 23.5 Å². The average Bonchev–Trinajstić information content (AvgIpc) is 2.73.